The molecule has 3 aromatic carbocycles. The van der Waals surface area contributed by atoms with Gasteiger partial charge in [0.05, 0.1) is 19.2 Å². The van der Waals surface area contributed by atoms with Gasteiger partial charge in [-0.3, -0.25) is 0 Å². The summed E-state index contributed by atoms with van der Waals surface area (Å²) in [5.74, 6) is 1.33. The molecule has 0 spiro atoms. The highest BCUT2D eigenvalue weighted by Crippen LogP contribution is 2.38. The average molecular weight is 427 g/mol. The molecule has 0 saturated heterocycles. The van der Waals surface area contributed by atoms with Crippen LogP contribution in [0.1, 0.15) is 12.5 Å². The summed E-state index contributed by atoms with van der Waals surface area (Å²) < 4.78 is 26.6. The van der Waals surface area contributed by atoms with E-state index in [4.69, 9.17) is 9.47 Å². The molecule has 6 heteroatoms. The summed E-state index contributed by atoms with van der Waals surface area (Å²) in [5.41, 5.74) is 5.54. The summed E-state index contributed by atoms with van der Waals surface area (Å²) in [6, 6.07) is 20.4. The average Bonchev–Trinajstić information content (AvgIpc) is 3.25. The molecule has 0 atom stereocenters. The van der Waals surface area contributed by atoms with E-state index in [1.807, 2.05) is 49.4 Å². The van der Waals surface area contributed by atoms with Gasteiger partial charge in [-0.05, 0) is 67.1 Å². The van der Waals surface area contributed by atoms with Gasteiger partial charge in [0.1, 0.15) is 28.7 Å². The standard InChI is InChI=1S/C26H22FN3O2/c1-3-32-21-12-13-24-22(14-21)26-23(16-30(24)15-17-4-8-19(27)9-5-17)25(28-29-26)18-6-10-20(31-2)11-7-18/h4-14,16H,3,15H2,1-2H3. The molecular formula is C26H22FN3O2. The minimum atomic E-state index is -0.244. The maximum absolute atomic E-state index is 13.4. The zero-order valence-corrected chi connectivity index (χ0v) is 17.9. The first-order valence-electron chi connectivity index (χ1n) is 10.5. The van der Waals surface area contributed by atoms with E-state index in [1.165, 1.54) is 12.1 Å². The Bertz CT molecular complexity index is 1340. The van der Waals surface area contributed by atoms with Crippen molar-refractivity contribution in [3.63, 3.8) is 0 Å². The van der Waals surface area contributed by atoms with E-state index in [0.29, 0.717) is 13.2 Å². The van der Waals surface area contributed by atoms with Gasteiger partial charge in [0.25, 0.3) is 0 Å². The zero-order chi connectivity index (χ0) is 22.1. The third-order valence-electron chi connectivity index (χ3n) is 5.52. The van der Waals surface area contributed by atoms with Crippen molar-refractivity contribution in [2.45, 2.75) is 13.5 Å². The molecule has 2 aliphatic rings. The second-order valence-corrected chi connectivity index (χ2v) is 7.53. The van der Waals surface area contributed by atoms with Crippen molar-refractivity contribution < 1.29 is 13.9 Å². The van der Waals surface area contributed by atoms with Crippen LogP contribution in [-0.2, 0) is 6.54 Å². The normalized spacial score (nSPS) is 11.2. The van der Waals surface area contributed by atoms with Crippen LogP contribution < -0.4 is 9.47 Å². The SMILES string of the molecule is CCOc1ccc2c(c1)c1nnc(-c3ccc(OC)cc3)c-1cn2Cc1ccc(F)cc1. The van der Waals surface area contributed by atoms with Gasteiger partial charge in [-0.1, -0.05) is 12.1 Å². The minimum absolute atomic E-state index is 0.244. The van der Waals surface area contributed by atoms with Crippen LogP contribution in [0.3, 0.4) is 0 Å². The van der Waals surface area contributed by atoms with E-state index < -0.39 is 0 Å². The summed E-state index contributed by atoms with van der Waals surface area (Å²) in [4.78, 5) is 0. The fraction of sp³-hybridized carbons (Fsp3) is 0.154. The summed E-state index contributed by atoms with van der Waals surface area (Å²) >= 11 is 0. The molecule has 0 bridgehead atoms. The van der Waals surface area contributed by atoms with Crippen molar-refractivity contribution >= 4 is 10.9 Å². The lowest BCUT2D eigenvalue weighted by atomic mass is 10.0. The van der Waals surface area contributed by atoms with Crippen LogP contribution in [0.5, 0.6) is 11.5 Å². The highest BCUT2D eigenvalue weighted by Gasteiger charge is 2.21. The van der Waals surface area contributed by atoms with Crippen molar-refractivity contribution in [2.24, 2.45) is 0 Å². The first-order chi connectivity index (χ1) is 15.7. The smallest absolute Gasteiger partial charge is 0.123 e. The minimum Gasteiger partial charge on any atom is -0.497 e. The van der Waals surface area contributed by atoms with Crippen LogP contribution in [0.2, 0.25) is 0 Å². The van der Waals surface area contributed by atoms with Gasteiger partial charge in [-0.25, -0.2) is 4.39 Å². The number of halogens is 1. The summed E-state index contributed by atoms with van der Waals surface area (Å²) in [7, 11) is 1.65. The molecule has 0 saturated carbocycles. The van der Waals surface area contributed by atoms with Crippen LogP contribution in [0.4, 0.5) is 4.39 Å². The molecular weight excluding hydrogens is 405 g/mol. The molecule has 0 amide bonds. The van der Waals surface area contributed by atoms with E-state index in [-0.39, 0.29) is 5.82 Å². The van der Waals surface area contributed by atoms with Crippen LogP contribution in [0, 0.1) is 5.82 Å². The summed E-state index contributed by atoms with van der Waals surface area (Å²) in [6.07, 6.45) is 2.07. The Kier molecular flexibility index (Phi) is 5.19. The van der Waals surface area contributed by atoms with Gasteiger partial charge < -0.3 is 14.0 Å². The third kappa shape index (κ3) is 3.64. The molecule has 32 heavy (non-hydrogen) atoms. The molecule has 2 heterocycles. The van der Waals surface area contributed by atoms with E-state index in [9.17, 15) is 4.39 Å². The van der Waals surface area contributed by atoms with Crippen LogP contribution in [-0.4, -0.2) is 28.5 Å². The fourth-order valence-electron chi connectivity index (χ4n) is 3.96. The quantitative estimate of drug-likeness (QED) is 0.344. The Morgan fingerprint density at radius 1 is 0.875 bits per heavy atom. The number of hydrogen-bond acceptors (Lipinski definition) is 4. The largest absolute Gasteiger partial charge is 0.497 e. The lowest BCUT2D eigenvalue weighted by molar-refractivity contribution is 0.340. The molecule has 0 aliphatic carbocycles. The molecule has 0 N–H and O–H groups in total. The number of nitrogens with zero attached hydrogens (tertiary/aromatic N) is 3. The Morgan fingerprint density at radius 2 is 1.59 bits per heavy atom. The van der Waals surface area contributed by atoms with Gasteiger partial charge in [0.15, 0.2) is 0 Å². The highest BCUT2D eigenvalue weighted by atomic mass is 19.1. The number of rotatable bonds is 6. The number of methoxy groups -OCH3 is 1. The number of ether oxygens (including phenoxy) is 2. The Labute approximate surface area is 185 Å². The molecule has 0 radical (unpaired) electrons. The molecule has 3 aromatic rings. The second-order valence-electron chi connectivity index (χ2n) is 7.53. The lowest BCUT2D eigenvalue weighted by Crippen LogP contribution is -2.04. The zero-order valence-electron chi connectivity index (χ0n) is 17.9. The molecule has 5 nitrogen and oxygen atoms in total. The Balaban J connectivity index is 1.69. The maximum Gasteiger partial charge on any atom is 0.123 e. The second kappa shape index (κ2) is 8.30. The van der Waals surface area contributed by atoms with E-state index in [0.717, 1.165) is 50.5 Å². The van der Waals surface area contributed by atoms with Crippen molar-refractivity contribution in [1.82, 2.24) is 14.8 Å². The first-order valence-corrected chi connectivity index (χ1v) is 10.5. The highest BCUT2D eigenvalue weighted by molar-refractivity contribution is 5.98. The Morgan fingerprint density at radius 3 is 2.31 bits per heavy atom. The lowest BCUT2D eigenvalue weighted by Gasteiger charge is -2.16. The van der Waals surface area contributed by atoms with Crippen LogP contribution in [0.15, 0.2) is 72.9 Å². The predicted molar refractivity (Wildman–Crippen MR) is 123 cm³/mol. The predicted octanol–water partition coefficient (Wildman–Crippen LogP) is 5.80. The molecule has 0 fully saturated rings. The van der Waals surface area contributed by atoms with E-state index >= 15 is 0 Å². The molecule has 0 unspecified atom stereocenters. The van der Waals surface area contributed by atoms with Crippen LogP contribution >= 0.6 is 0 Å². The Hall–Kier alpha value is -3.93. The van der Waals surface area contributed by atoms with Crippen molar-refractivity contribution in [3.8, 4) is 34.0 Å². The number of fused-ring (bicyclic) bond motifs is 3. The van der Waals surface area contributed by atoms with Crippen molar-refractivity contribution in [3.05, 3.63) is 84.3 Å². The molecule has 5 rings (SSSR count). The van der Waals surface area contributed by atoms with Gasteiger partial charge in [0, 0.05) is 29.3 Å². The van der Waals surface area contributed by atoms with Crippen molar-refractivity contribution in [1.29, 1.82) is 0 Å². The number of aromatic nitrogens is 3. The van der Waals surface area contributed by atoms with Gasteiger partial charge in [-0.15, -0.1) is 10.2 Å². The number of benzene rings is 3. The van der Waals surface area contributed by atoms with Gasteiger partial charge >= 0.3 is 0 Å². The monoisotopic (exact) mass is 427 g/mol. The number of hydrogen-bond donors (Lipinski definition) is 0. The third-order valence-corrected chi connectivity index (χ3v) is 5.52. The van der Waals surface area contributed by atoms with Crippen molar-refractivity contribution in [2.75, 3.05) is 13.7 Å². The number of pyridine rings is 1. The molecule has 160 valence electrons. The van der Waals surface area contributed by atoms with Crippen LogP contribution in [0.25, 0.3) is 33.4 Å². The topological polar surface area (TPSA) is 49.2 Å². The van der Waals surface area contributed by atoms with Gasteiger partial charge in [-0.2, -0.15) is 0 Å². The van der Waals surface area contributed by atoms with E-state index in [2.05, 4.69) is 21.0 Å². The first kappa shape index (κ1) is 20.0. The summed E-state index contributed by atoms with van der Waals surface area (Å²) in [5, 5.41) is 10.0. The summed E-state index contributed by atoms with van der Waals surface area (Å²) in [6.45, 7) is 3.14. The fourth-order valence-corrected chi connectivity index (χ4v) is 3.96. The van der Waals surface area contributed by atoms with Gasteiger partial charge in [0.2, 0.25) is 0 Å². The maximum atomic E-state index is 13.4. The molecule has 2 aliphatic heterocycles. The van der Waals surface area contributed by atoms with E-state index in [1.54, 1.807) is 19.2 Å². The molecule has 0 aromatic heterocycles.